The van der Waals surface area contributed by atoms with Crippen molar-refractivity contribution in [1.82, 2.24) is 4.72 Å². The molecule has 1 N–H and O–H groups in total. The minimum absolute atomic E-state index is 0.383. The number of nitrogens with one attached hydrogen (secondary N) is 1. The van der Waals surface area contributed by atoms with Crippen LogP contribution in [-0.4, -0.2) is 27.5 Å². The van der Waals surface area contributed by atoms with E-state index in [4.69, 9.17) is 0 Å². The molecule has 0 aliphatic heterocycles. The first-order valence-electron chi connectivity index (χ1n) is 8.95. The Kier molecular flexibility index (Phi) is 6.78. The first-order chi connectivity index (χ1) is 13.5. The molecule has 0 spiro atoms. The lowest BCUT2D eigenvalue weighted by Gasteiger charge is -2.30. The number of thioether (sulfide) groups is 1. The Hall–Kier alpha value is -2.28. The van der Waals surface area contributed by atoms with E-state index < -0.39 is 10.0 Å². The van der Waals surface area contributed by atoms with Gasteiger partial charge in [-0.3, -0.25) is 0 Å². The first kappa shape index (κ1) is 20.5. The van der Waals surface area contributed by atoms with Crippen molar-refractivity contribution in [3.8, 4) is 0 Å². The molecule has 0 amide bonds. The summed E-state index contributed by atoms with van der Waals surface area (Å²) in [5.41, 5.74) is 2.95. The summed E-state index contributed by atoms with van der Waals surface area (Å²) in [6.45, 7) is 0.472. The van der Waals surface area contributed by atoms with Crippen LogP contribution >= 0.6 is 11.8 Å². The van der Waals surface area contributed by atoms with Crippen LogP contribution in [0.4, 0.5) is 11.4 Å². The minimum atomic E-state index is -3.38. The third kappa shape index (κ3) is 5.61. The monoisotopic (exact) mass is 412 g/mol. The van der Waals surface area contributed by atoms with Crippen LogP contribution in [0.1, 0.15) is 11.6 Å². The maximum atomic E-state index is 12.1. The van der Waals surface area contributed by atoms with Crippen molar-refractivity contribution in [2.45, 2.75) is 10.9 Å². The molecule has 0 radical (unpaired) electrons. The molecular weight excluding hydrogens is 388 g/mol. The summed E-state index contributed by atoms with van der Waals surface area (Å²) in [4.78, 5) is 3.27. The molecule has 0 saturated heterocycles. The van der Waals surface area contributed by atoms with Gasteiger partial charge >= 0.3 is 0 Å². The van der Waals surface area contributed by atoms with E-state index in [1.165, 1.54) is 6.26 Å². The summed E-state index contributed by atoms with van der Waals surface area (Å²) in [5, 5.41) is 0. The van der Waals surface area contributed by atoms with E-state index in [0.29, 0.717) is 6.54 Å². The Labute approximate surface area is 171 Å². The predicted octanol–water partition coefficient (Wildman–Crippen LogP) is 4.84. The van der Waals surface area contributed by atoms with Crippen molar-refractivity contribution in [1.29, 1.82) is 0 Å². The standard InChI is InChI=1S/C22H24N2O2S2/c1-27-21-15-13-18(14-16-21)22(23-28(2,25)26)17-24(19-9-5-3-6-10-19)20-11-7-4-8-12-20/h3-16,22-23H,17H2,1-2H3/t22-/m0/s1. The Bertz CT molecular complexity index is 937. The van der Waals surface area contributed by atoms with Gasteiger partial charge in [-0.1, -0.05) is 48.5 Å². The zero-order chi connectivity index (χ0) is 20.0. The molecule has 0 saturated carbocycles. The van der Waals surface area contributed by atoms with Gasteiger partial charge in [-0.05, 0) is 48.2 Å². The van der Waals surface area contributed by atoms with E-state index in [9.17, 15) is 8.42 Å². The fourth-order valence-corrected chi connectivity index (χ4v) is 4.20. The van der Waals surface area contributed by atoms with Crippen LogP contribution in [-0.2, 0) is 10.0 Å². The molecule has 0 aromatic heterocycles. The van der Waals surface area contributed by atoms with Gasteiger partial charge in [0, 0.05) is 22.8 Å². The molecule has 3 aromatic rings. The van der Waals surface area contributed by atoms with Gasteiger partial charge in [-0.15, -0.1) is 11.8 Å². The van der Waals surface area contributed by atoms with Crippen LogP contribution in [0, 0.1) is 0 Å². The predicted molar refractivity (Wildman–Crippen MR) is 119 cm³/mol. The third-order valence-corrected chi connectivity index (χ3v) is 5.83. The second-order valence-electron chi connectivity index (χ2n) is 6.50. The highest BCUT2D eigenvalue weighted by Gasteiger charge is 2.21. The molecule has 4 nitrogen and oxygen atoms in total. The van der Waals surface area contributed by atoms with E-state index in [0.717, 1.165) is 21.8 Å². The topological polar surface area (TPSA) is 49.4 Å². The lowest BCUT2D eigenvalue weighted by Crippen LogP contribution is -2.35. The molecule has 0 unspecified atom stereocenters. The van der Waals surface area contributed by atoms with Gasteiger partial charge in [-0.25, -0.2) is 13.1 Å². The number of hydrogen-bond donors (Lipinski definition) is 1. The summed E-state index contributed by atoms with van der Waals surface area (Å²) >= 11 is 1.66. The lowest BCUT2D eigenvalue weighted by molar-refractivity contribution is 0.562. The Morgan fingerprint density at radius 1 is 0.857 bits per heavy atom. The average molecular weight is 413 g/mol. The Balaban J connectivity index is 1.99. The van der Waals surface area contributed by atoms with Crippen molar-refractivity contribution in [3.63, 3.8) is 0 Å². The maximum Gasteiger partial charge on any atom is 0.209 e. The van der Waals surface area contributed by atoms with Gasteiger partial charge in [0.25, 0.3) is 0 Å². The molecule has 0 aliphatic rings. The molecule has 28 heavy (non-hydrogen) atoms. The smallest absolute Gasteiger partial charge is 0.209 e. The van der Waals surface area contributed by atoms with Crippen LogP contribution in [0.3, 0.4) is 0 Å². The molecule has 3 rings (SSSR count). The fraction of sp³-hybridized carbons (Fsp3) is 0.182. The zero-order valence-electron chi connectivity index (χ0n) is 15.9. The van der Waals surface area contributed by atoms with Crippen LogP contribution in [0.25, 0.3) is 0 Å². The second kappa shape index (κ2) is 9.28. The third-order valence-electron chi connectivity index (χ3n) is 4.38. The average Bonchev–Trinajstić information content (AvgIpc) is 2.71. The number of nitrogens with zero attached hydrogens (tertiary/aromatic N) is 1. The molecule has 0 heterocycles. The highest BCUT2D eigenvalue weighted by atomic mass is 32.2. The quantitative estimate of drug-likeness (QED) is 0.538. The van der Waals surface area contributed by atoms with E-state index in [1.807, 2.05) is 91.2 Å². The van der Waals surface area contributed by atoms with Crippen molar-refractivity contribution >= 4 is 33.2 Å². The maximum absolute atomic E-state index is 12.1. The number of para-hydroxylation sites is 2. The molecule has 0 bridgehead atoms. The largest absolute Gasteiger partial charge is 0.340 e. The normalized spacial score (nSPS) is 12.5. The van der Waals surface area contributed by atoms with Crippen LogP contribution in [0.15, 0.2) is 89.8 Å². The second-order valence-corrected chi connectivity index (χ2v) is 9.16. The van der Waals surface area contributed by atoms with Crippen molar-refractivity contribution in [2.75, 3.05) is 24.0 Å². The zero-order valence-corrected chi connectivity index (χ0v) is 17.6. The molecule has 6 heteroatoms. The summed E-state index contributed by atoms with van der Waals surface area (Å²) in [5.74, 6) is 0. The number of sulfonamides is 1. The van der Waals surface area contributed by atoms with Crippen molar-refractivity contribution in [2.24, 2.45) is 0 Å². The number of hydrogen-bond acceptors (Lipinski definition) is 4. The van der Waals surface area contributed by atoms with E-state index >= 15 is 0 Å². The summed E-state index contributed by atoms with van der Waals surface area (Å²) in [6, 6.07) is 27.6. The molecule has 0 fully saturated rings. The number of benzene rings is 3. The summed E-state index contributed by atoms with van der Waals surface area (Å²) < 4.78 is 26.9. The summed E-state index contributed by atoms with van der Waals surface area (Å²) in [7, 11) is -3.38. The lowest BCUT2D eigenvalue weighted by atomic mass is 10.1. The number of rotatable bonds is 8. The first-order valence-corrected chi connectivity index (χ1v) is 12.1. The van der Waals surface area contributed by atoms with Crippen molar-refractivity contribution < 1.29 is 8.42 Å². The molecule has 1 atom stereocenters. The van der Waals surface area contributed by atoms with Crippen LogP contribution in [0.5, 0.6) is 0 Å². The van der Waals surface area contributed by atoms with E-state index in [-0.39, 0.29) is 6.04 Å². The minimum Gasteiger partial charge on any atom is -0.340 e. The Morgan fingerprint density at radius 2 is 1.36 bits per heavy atom. The van der Waals surface area contributed by atoms with Gasteiger partial charge < -0.3 is 4.90 Å². The molecule has 3 aromatic carbocycles. The van der Waals surface area contributed by atoms with Gasteiger partial charge in [0.05, 0.1) is 12.3 Å². The highest BCUT2D eigenvalue weighted by Crippen LogP contribution is 2.29. The highest BCUT2D eigenvalue weighted by molar-refractivity contribution is 7.98. The molecule has 146 valence electrons. The van der Waals surface area contributed by atoms with Gasteiger partial charge in [0.2, 0.25) is 10.0 Å². The number of anilines is 2. The Morgan fingerprint density at radius 3 is 1.79 bits per heavy atom. The van der Waals surface area contributed by atoms with Crippen LogP contribution in [0.2, 0.25) is 0 Å². The fourth-order valence-electron chi connectivity index (χ4n) is 3.06. The van der Waals surface area contributed by atoms with Crippen LogP contribution < -0.4 is 9.62 Å². The van der Waals surface area contributed by atoms with Gasteiger partial charge in [0.15, 0.2) is 0 Å². The van der Waals surface area contributed by atoms with Gasteiger partial charge in [0.1, 0.15) is 0 Å². The van der Waals surface area contributed by atoms with Gasteiger partial charge in [-0.2, -0.15) is 0 Å². The molecular formula is C22H24N2O2S2. The SMILES string of the molecule is CSc1ccc([C@H](CN(c2ccccc2)c2ccccc2)NS(C)(=O)=O)cc1. The summed E-state index contributed by atoms with van der Waals surface area (Å²) in [6.07, 6.45) is 3.22. The van der Waals surface area contributed by atoms with E-state index in [1.54, 1.807) is 11.8 Å². The van der Waals surface area contributed by atoms with E-state index in [2.05, 4.69) is 9.62 Å². The molecule has 0 aliphatic carbocycles. The van der Waals surface area contributed by atoms with Crippen molar-refractivity contribution in [3.05, 3.63) is 90.5 Å².